The second-order valence-corrected chi connectivity index (χ2v) is 6.71. The molecule has 0 bridgehead atoms. The number of nitrogens with one attached hydrogen (secondary N) is 2. The van der Waals surface area contributed by atoms with Crippen molar-refractivity contribution in [1.29, 1.82) is 0 Å². The Hall–Kier alpha value is -2.50. The minimum atomic E-state index is -0.0268. The van der Waals surface area contributed by atoms with Gasteiger partial charge in [0.1, 0.15) is 5.75 Å². The highest BCUT2D eigenvalue weighted by atomic mass is 16.5. The molecular formula is C19H26N4O2. The summed E-state index contributed by atoms with van der Waals surface area (Å²) in [6.07, 6.45) is 6.97. The zero-order valence-corrected chi connectivity index (χ0v) is 14.9. The van der Waals surface area contributed by atoms with Crippen LogP contribution in [-0.4, -0.2) is 33.8 Å². The van der Waals surface area contributed by atoms with E-state index in [1.807, 2.05) is 55.4 Å². The van der Waals surface area contributed by atoms with Crippen molar-refractivity contribution in [3.8, 4) is 5.75 Å². The number of rotatable bonds is 5. The van der Waals surface area contributed by atoms with Gasteiger partial charge in [-0.3, -0.25) is 5.10 Å². The molecule has 2 heterocycles. The van der Waals surface area contributed by atoms with Crippen LogP contribution in [0.15, 0.2) is 36.7 Å². The number of carbonyl (C=O) groups excluding carboxylic acids is 1. The molecule has 2 N–H and O–H groups in total. The number of amides is 2. The maximum Gasteiger partial charge on any atom is 0.318 e. The van der Waals surface area contributed by atoms with E-state index >= 15 is 0 Å². The van der Waals surface area contributed by atoms with Crippen LogP contribution in [0.1, 0.15) is 50.3 Å². The van der Waals surface area contributed by atoms with Crippen molar-refractivity contribution >= 4 is 6.03 Å². The Kier molecular flexibility index (Phi) is 5.58. The lowest BCUT2D eigenvalue weighted by Gasteiger charge is -2.35. The van der Waals surface area contributed by atoms with Crippen LogP contribution in [0.5, 0.6) is 5.75 Å². The van der Waals surface area contributed by atoms with Crippen LogP contribution in [-0.2, 0) is 6.54 Å². The quantitative estimate of drug-likeness (QED) is 0.871. The molecule has 0 aliphatic carbocycles. The number of carbonyl (C=O) groups is 1. The highest BCUT2D eigenvalue weighted by Gasteiger charge is 2.28. The number of benzene rings is 1. The van der Waals surface area contributed by atoms with Gasteiger partial charge in [-0.1, -0.05) is 12.1 Å². The van der Waals surface area contributed by atoms with Gasteiger partial charge in [-0.15, -0.1) is 0 Å². The molecule has 0 spiro atoms. The molecule has 0 unspecified atom stereocenters. The highest BCUT2D eigenvalue weighted by molar-refractivity contribution is 5.74. The van der Waals surface area contributed by atoms with E-state index in [1.54, 1.807) is 0 Å². The molecule has 134 valence electrons. The summed E-state index contributed by atoms with van der Waals surface area (Å²) in [5.74, 6) is 0.830. The van der Waals surface area contributed by atoms with Gasteiger partial charge in [0.15, 0.2) is 0 Å². The van der Waals surface area contributed by atoms with Crippen molar-refractivity contribution < 1.29 is 9.53 Å². The van der Waals surface area contributed by atoms with Crippen molar-refractivity contribution in [2.24, 2.45) is 0 Å². The van der Waals surface area contributed by atoms with Crippen LogP contribution >= 0.6 is 0 Å². The van der Waals surface area contributed by atoms with Crippen molar-refractivity contribution in [3.63, 3.8) is 0 Å². The van der Waals surface area contributed by atoms with Crippen LogP contribution in [0.2, 0.25) is 0 Å². The number of hydrogen-bond acceptors (Lipinski definition) is 3. The number of H-pyrrole nitrogens is 1. The van der Waals surface area contributed by atoms with E-state index in [9.17, 15) is 4.79 Å². The number of piperidine rings is 1. The van der Waals surface area contributed by atoms with E-state index in [4.69, 9.17) is 4.74 Å². The average Bonchev–Trinajstić information content (AvgIpc) is 3.14. The van der Waals surface area contributed by atoms with Crippen molar-refractivity contribution in [3.05, 3.63) is 47.8 Å². The Morgan fingerprint density at radius 2 is 2.32 bits per heavy atom. The summed E-state index contributed by atoms with van der Waals surface area (Å²) < 4.78 is 5.71. The Morgan fingerprint density at radius 1 is 1.44 bits per heavy atom. The molecule has 1 aromatic heterocycles. The third-order valence-electron chi connectivity index (χ3n) is 4.38. The van der Waals surface area contributed by atoms with Gasteiger partial charge in [0, 0.05) is 24.8 Å². The van der Waals surface area contributed by atoms with Crippen LogP contribution in [0.4, 0.5) is 4.79 Å². The van der Waals surface area contributed by atoms with E-state index < -0.39 is 0 Å². The summed E-state index contributed by atoms with van der Waals surface area (Å²) in [4.78, 5) is 14.6. The maximum absolute atomic E-state index is 12.7. The first-order valence-electron chi connectivity index (χ1n) is 8.92. The molecule has 1 aliphatic rings. The third kappa shape index (κ3) is 4.53. The molecule has 1 saturated heterocycles. The van der Waals surface area contributed by atoms with E-state index in [1.165, 1.54) is 0 Å². The fourth-order valence-electron chi connectivity index (χ4n) is 3.24. The molecule has 0 radical (unpaired) electrons. The first-order valence-corrected chi connectivity index (χ1v) is 8.92. The van der Waals surface area contributed by atoms with Crippen LogP contribution in [0.25, 0.3) is 0 Å². The molecule has 1 aromatic carbocycles. The SMILES string of the molecule is CC(C)Oc1cccc(CNC(=O)N2CCCC[C@@H]2c2cn[nH]c2)c1. The van der Waals surface area contributed by atoms with Crippen LogP contribution in [0.3, 0.4) is 0 Å². The zero-order valence-electron chi connectivity index (χ0n) is 14.9. The third-order valence-corrected chi connectivity index (χ3v) is 4.38. The van der Waals surface area contributed by atoms with Crippen molar-refractivity contribution in [2.75, 3.05) is 6.54 Å². The Labute approximate surface area is 148 Å². The summed E-state index contributed by atoms with van der Waals surface area (Å²) in [5.41, 5.74) is 2.10. The summed E-state index contributed by atoms with van der Waals surface area (Å²) in [6.45, 7) is 5.27. The smallest absolute Gasteiger partial charge is 0.318 e. The lowest BCUT2D eigenvalue weighted by Crippen LogP contribution is -2.44. The standard InChI is InChI=1S/C19H26N4O2/c1-14(2)25-17-7-5-6-15(10-17)11-20-19(24)23-9-4-3-8-18(23)16-12-21-22-13-16/h5-7,10,12-14,18H,3-4,8-9,11H2,1-2H3,(H,20,24)(H,21,22)/t18-/m1/s1. The summed E-state index contributed by atoms with van der Waals surface area (Å²) in [6, 6.07) is 7.93. The van der Waals surface area contributed by atoms with Gasteiger partial charge in [-0.25, -0.2) is 4.79 Å². The largest absolute Gasteiger partial charge is 0.491 e. The average molecular weight is 342 g/mol. The summed E-state index contributed by atoms with van der Waals surface area (Å²) in [7, 11) is 0. The van der Waals surface area contributed by atoms with Crippen molar-refractivity contribution in [1.82, 2.24) is 20.4 Å². The number of aromatic nitrogens is 2. The normalized spacial score (nSPS) is 17.6. The Bertz CT molecular complexity index is 684. The predicted octanol–water partition coefficient (Wildman–Crippen LogP) is 3.63. The number of urea groups is 1. The number of hydrogen-bond donors (Lipinski definition) is 2. The molecule has 6 heteroatoms. The number of nitrogens with zero attached hydrogens (tertiary/aromatic N) is 2. The minimum absolute atomic E-state index is 0.0268. The van der Waals surface area contributed by atoms with Gasteiger partial charge in [0.05, 0.1) is 18.3 Å². The van der Waals surface area contributed by atoms with Gasteiger partial charge in [0.2, 0.25) is 0 Å². The van der Waals surface area contributed by atoms with Gasteiger partial charge in [-0.05, 0) is 50.8 Å². The van der Waals surface area contributed by atoms with Crippen molar-refractivity contribution in [2.45, 2.75) is 51.8 Å². The molecule has 1 fully saturated rings. The molecule has 3 rings (SSSR count). The molecule has 6 nitrogen and oxygen atoms in total. The second-order valence-electron chi connectivity index (χ2n) is 6.71. The monoisotopic (exact) mass is 342 g/mol. The predicted molar refractivity (Wildman–Crippen MR) is 96.3 cm³/mol. The van der Waals surface area contributed by atoms with E-state index in [-0.39, 0.29) is 18.2 Å². The van der Waals surface area contributed by atoms with Gasteiger partial charge in [-0.2, -0.15) is 5.10 Å². The molecule has 25 heavy (non-hydrogen) atoms. The Balaban J connectivity index is 1.61. The molecule has 0 saturated carbocycles. The zero-order chi connectivity index (χ0) is 17.6. The molecule has 2 amide bonds. The topological polar surface area (TPSA) is 70.2 Å². The molecular weight excluding hydrogens is 316 g/mol. The number of aromatic amines is 1. The first kappa shape index (κ1) is 17.3. The van der Waals surface area contributed by atoms with Gasteiger partial charge in [0.25, 0.3) is 0 Å². The van der Waals surface area contributed by atoms with E-state index in [0.717, 1.165) is 42.7 Å². The summed E-state index contributed by atoms with van der Waals surface area (Å²) in [5, 5.41) is 9.91. The van der Waals surface area contributed by atoms with Gasteiger partial charge < -0.3 is 15.0 Å². The van der Waals surface area contributed by atoms with Gasteiger partial charge >= 0.3 is 6.03 Å². The maximum atomic E-state index is 12.7. The fourth-order valence-corrected chi connectivity index (χ4v) is 3.24. The number of likely N-dealkylation sites (tertiary alicyclic amines) is 1. The molecule has 2 aromatic rings. The van der Waals surface area contributed by atoms with E-state index in [0.29, 0.717) is 6.54 Å². The first-order chi connectivity index (χ1) is 12.1. The minimum Gasteiger partial charge on any atom is -0.491 e. The lowest BCUT2D eigenvalue weighted by molar-refractivity contribution is 0.151. The summed E-state index contributed by atoms with van der Waals surface area (Å²) >= 11 is 0. The highest BCUT2D eigenvalue weighted by Crippen LogP contribution is 2.30. The lowest BCUT2D eigenvalue weighted by atomic mass is 9.98. The van der Waals surface area contributed by atoms with E-state index in [2.05, 4.69) is 15.5 Å². The second kappa shape index (κ2) is 8.05. The Morgan fingerprint density at radius 3 is 3.08 bits per heavy atom. The van der Waals surface area contributed by atoms with Crippen LogP contribution < -0.4 is 10.1 Å². The van der Waals surface area contributed by atoms with Crippen LogP contribution in [0, 0.1) is 0 Å². The number of ether oxygens (including phenoxy) is 1. The fraction of sp³-hybridized carbons (Fsp3) is 0.474. The molecule has 1 atom stereocenters. The molecule has 1 aliphatic heterocycles.